The third kappa shape index (κ3) is 2.68. The lowest BCUT2D eigenvalue weighted by Gasteiger charge is -2.02. The molecule has 0 atom stereocenters. The van der Waals surface area contributed by atoms with Crippen LogP contribution in [0.3, 0.4) is 0 Å². The molecular formula is C16H18BrN5. The highest BCUT2D eigenvalue weighted by Gasteiger charge is 2.28. The SMILES string of the molecule is Cn1cc(CNCc2cn3cccc(Br)c3n2)c(C2CC2)n1. The number of rotatable bonds is 5. The minimum atomic E-state index is 0.684. The highest BCUT2D eigenvalue weighted by Crippen LogP contribution is 2.40. The Hall–Kier alpha value is -1.66. The van der Waals surface area contributed by atoms with E-state index in [0.29, 0.717) is 5.92 Å². The number of halogens is 1. The lowest BCUT2D eigenvalue weighted by Crippen LogP contribution is -2.13. The van der Waals surface area contributed by atoms with Crippen molar-refractivity contribution in [2.24, 2.45) is 7.05 Å². The van der Waals surface area contributed by atoms with Gasteiger partial charge >= 0.3 is 0 Å². The van der Waals surface area contributed by atoms with Crippen LogP contribution < -0.4 is 5.32 Å². The third-order valence-electron chi connectivity index (χ3n) is 4.01. The Morgan fingerprint density at radius 2 is 2.18 bits per heavy atom. The van der Waals surface area contributed by atoms with Gasteiger partial charge in [0.05, 0.1) is 15.9 Å². The molecule has 0 radical (unpaired) electrons. The third-order valence-corrected chi connectivity index (χ3v) is 4.63. The number of nitrogens with zero attached hydrogens (tertiary/aromatic N) is 4. The molecule has 3 aromatic rings. The fraction of sp³-hybridized carbons (Fsp3) is 0.375. The van der Waals surface area contributed by atoms with Crippen LogP contribution in [-0.2, 0) is 20.1 Å². The first-order valence-corrected chi connectivity index (χ1v) is 8.35. The van der Waals surface area contributed by atoms with Crippen molar-refractivity contribution < 1.29 is 0 Å². The van der Waals surface area contributed by atoms with Crippen molar-refractivity contribution in [3.05, 3.63) is 52.1 Å². The standard InChI is InChI=1S/C16H18BrN5/c1-21-9-12(15(20-21)11-4-5-11)7-18-8-13-10-22-6-2-3-14(17)16(22)19-13/h2-3,6,9-11,18H,4-5,7-8H2,1H3. The van der Waals surface area contributed by atoms with E-state index in [1.54, 1.807) is 0 Å². The van der Waals surface area contributed by atoms with Crippen molar-refractivity contribution >= 4 is 21.6 Å². The van der Waals surface area contributed by atoms with E-state index in [1.165, 1.54) is 24.1 Å². The molecule has 0 unspecified atom stereocenters. The lowest BCUT2D eigenvalue weighted by molar-refractivity contribution is 0.677. The molecule has 3 heterocycles. The fourth-order valence-electron chi connectivity index (χ4n) is 2.83. The monoisotopic (exact) mass is 359 g/mol. The molecule has 0 saturated heterocycles. The van der Waals surface area contributed by atoms with Gasteiger partial charge in [0.1, 0.15) is 0 Å². The zero-order valence-electron chi connectivity index (χ0n) is 12.5. The number of nitrogens with one attached hydrogen (secondary N) is 1. The minimum absolute atomic E-state index is 0.684. The summed E-state index contributed by atoms with van der Waals surface area (Å²) in [6.45, 7) is 1.60. The van der Waals surface area contributed by atoms with Crippen LogP contribution in [0.1, 0.15) is 35.7 Å². The molecule has 6 heteroatoms. The van der Waals surface area contributed by atoms with E-state index in [0.717, 1.165) is 28.9 Å². The van der Waals surface area contributed by atoms with E-state index in [2.05, 4.69) is 43.7 Å². The highest BCUT2D eigenvalue weighted by molar-refractivity contribution is 9.10. The quantitative estimate of drug-likeness (QED) is 0.761. The van der Waals surface area contributed by atoms with Gasteiger partial charge in [0.15, 0.2) is 5.65 Å². The summed E-state index contributed by atoms with van der Waals surface area (Å²) in [4.78, 5) is 4.65. The maximum Gasteiger partial charge on any atom is 0.151 e. The molecule has 0 aliphatic heterocycles. The Morgan fingerprint density at radius 1 is 1.32 bits per heavy atom. The Bertz CT molecular complexity index is 815. The molecule has 0 aromatic carbocycles. The van der Waals surface area contributed by atoms with Crippen LogP contribution in [0.4, 0.5) is 0 Å². The Kier molecular flexibility index (Phi) is 3.50. The van der Waals surface area contributed by atoms with Crippen LogP contribution in [-0.4, -0.2) is 19.2 Å². The number of pyridine rings is 1. The van der Waals surface area contributed by atoms with Crippen LogP contribution in [0.15, 0.2) is 35.2 Å². The van der Waals surface area contributed by atoms with Gasteiger partial charge in [-0.15, -0.1) is 0 Å². The van der Waals surface area contributed by atoms with Crippen LogP contribution in [0.5, 0.6) is 0 Å². The predicted molar refractivity (Wildman–Crippen MR) is 88.6 cm³/mol. The Morgan fingerprint density at radius 3 is 2.95 bits per heavy atom. The molecular weight excluding hydrogens is 342 g/mol. The summed E-state index contributed by atoms with van der Waals surface area (Å²) in [7, 11) is 2.00. The van der Waals surface area contributed by atoms with E-state index in [1.807, 2.05) is 34.5 Å². The smallest absolute Gasteiger partial charge is 0.151 e. The second-order valence-corrected chi connectivity index (χ2v) is 6.76. The van der Waals surface area contributed by atoms with Gasteiger partial charge in [0, 0.05) is 50.2 Å². The molecule has 1 saturated carbocycles. The highest BCUT2D eigenvalue weighted by atomic mass is 79.9. The Labute approximate surface area is 137 Å². The summed E-state index contributed by atoms with van der Waals surface area (Å²) in [6, 6.07) is 4.02. The molecule has 114 valence electrons. The second-order valence-electron chi connectivity index (χ2n) is 5.91. The van der Waals surface area contributed by atoms with Crippen molar-refractivity contribution in [3.8, 4) is 0 Å². The number of hydrogen-bond donors (Lipinski definition) is 1. The summed E-state index contributed by atoms with van der Waals surface area (Å²) in [5.74, 6) is 0.684. The molecule has 1 aliphatic carbocycles. The van der Waals surface area contributed by atoms with Gasteiger partial charge in [-0.05, 0) is 40.9 Å². The fourth-order valence-corrected chi connectivity index (χ4v) is 3.28. The van der Waals surface area contributed by atoms with Crippen LogP contribution in [0.25, 0.3) is 5.65 Å². The number of aromatic nitrogens is 4. The normalized spacial score (nSPS) is 14.8. The average Bonchev–Trinajstić information content (AvgIpc) is 3.14. The lowest BCUT2D eigenvalue weighted by atomic mass is 10.2. The van der Waals surface area contributed by atoms with Crippen LogP contribution in [0, 0.1) is 0 Å². The summed E-state index contributed by atoms with van der Waals surface area (Å²) in [5, 5.41) is 8.09. The maximum atomic E-state index is 4.65. The van der Waals surface area contributed by atoms with Gasteiger partial charge in [-0.3, -0.25) is 4.68 Å². The predicted octanol–water partition coefficient (Wildman–Crippen LogP) is 3.00. The zero-order valence-corrected chi connectivity index (χ0v) is 14.0. The summed E-state index contributed by atoms with van der Waals surface area (Å²) in [6.07, 6.45) is 8.77. The van der Waals surface area contributed by atoms with Gasteiger partial charge in [-0.2, -0.15) is 5.10 Å². The number of fused-ring (bicyclic) bond motifs is 1. The molecule has 1 N–H and O–H groups in total. The Balaban J connectivity index is 1.45. The van der Waals surface area contributed by atoms with E-state index >= 15 is 0 Å². The molecule has 0 spiro atoms. The van der Waals surface area contributed by atoms with Crippen molar-refractivity contribution in [1.82, 2.24) is 24.5 Å². The van der Waals surface area contributed by atoms with E-state index in [-0.39, 0.29) is 0 Å². The van der Waals surface area contributed by atoms with E-state index < -0.39 is 0 Å². The van der Waals surface area contributed by atoms with Crippen LogP contribution in [0.2, 0.25) is 0 Å². The number of imidazole rings is 1. The molecule has 1 fully saturated rings. The van der Waals surface area contributed by atoms with Crippen molar-refractivity contribution in [1.29, 1.82) is 0 Å². The van der Waals surface area contributed by atoms with Crippen molar-refractivity contribution in [3.63, 3.8) is 0 Å². The molecule has 0 amide bonds. The minimum Gasteiger partial charge on any atom is -0.307 e. The largest absolute Gasteiger partial charge is 0.307 e. The number of aryl methyl sites for hydroxylation is 1. The second kappa shape index (κ2) is 5.52. The average molecular weight is 360 g/mol. The van der Waals surface area contributed by atoms with Gasteiger partial charge < -0.3 is 9.72 Å². The summed E-state index contributed by atoms with van der Waals surface area (Å²) < 4.78 is 4.98. The first-order valence-electron chi connectivity index (χ1n) is 7.56. The molecule has 3 aromatic heterocycles. The van der Waals surface area contributed by atoms with Gasteiger partial charge in [-0.1, -0.05) is 0 Å². The first kappa shape index (κ1) is 14.0. The van der Waals surface area contributed by atoms with Crippen LogP contribution >= 0.6 is 15.9 Å². The van der Waals surface area contributed by atoms with Crippen molar-refractivity contribution in [2.45, 2.75) is 31.8 Å². The van der Waals surface area contributed by atoms with Crippen molar-refractivity contribution in [2.75, 3.05) is 0 Å². The van der Waals surface area contributed by atoms with E-state index in [4.69, 9.17) is 0 Å². The van der Waals surface area contributed by atoms with E-state index in [9.17, 15) is 0 Å². The summed E-state index contributed by atoms with van der Waals surface area (Å²) >= 11 is 3.54. The summed E-state index contributed by atoms with van der Waals surface area (Å²) in [5.41, 5.74) is 4.59. The molecule has 4 rings (SSSR count). The first-order chi connectivity index (χ1) is 10.7. The van der Waals surface area contributed by atoms with Gasteiger partial charge in [-0.25, -0.2) is 4.98 Å². The maximum absolute atomic E-state index is 4.65. The van der Waals surface area contributed by atoms with Gasteiger partial charge in [0.25, 0.3) is 0 Å². The zero-order chi connectivity index (χ0) is 15.1. The van der Waals surface area contributed by atoms with Gasteiger partial charge in [0.2, 0.25) is 0 Å². The molecule has 1 aliphatic rings. The molecule has 5 nitrogen and oxygen atoms in total. The number of hydrogen-bond acceptors (Lipinski definition) is 3. The molecule has 22 heavy (non-hydrogen) atoms. The molecule has 0 bridgehead atoms. The topological polar surface area (TPSA) is 47.2 Å².